The van der Waals surface area contributed by atoms with E-state index < -0.39 is 17.8 Å². The van der Waals surface area contributed by atoms with Gasteiger partial charge in [0.1, 0.15) is 24.0 Å². The third kappa shape index (κ3) is 4.40. The molecule has 0 radical (unpaired) electrons. The Labute approximate surface area is 178 Å². The van der Waals surface area contributed by atoms with E-state index in [1.54, 1.807) is 31.5 Å². The van der Waals surface area contributed by atoms with Crippen molar-refractivity contribution < 1.29 is 18.7 Å². The molecule has 0 unspecified atom stereocenters. The average Bonchev–Trinajstić information content (AvgIpc) is 3.21. The second kappa shape index (κ2) is 8.70. The number of benzene rings is 2. The van der Waals surface area contributed by atoms with E-state index in [9.17, 15) is 9.59 Å². The number of nitrogens with one attached hydrogen (secondary N) is 3. The van der Waals surface area contributed by atoms with E-state index in [0.717, 1.165) is 10.9 Å². The van der Waals surface area contributed by atoms with Gasteiger partial charge in [0.15, 0.2) is 0 Å². The molecule has 2 amide bonds. The first-order valence-electron chi connectivity index (χ1n) is 9.64. The van der Waals surface area contributed by atoms with Crippen molar-refractivity contribution in [1.29, 1.82) is 5.41 Å². The maximum Gasteiger partial charge on any atom is 0.289 e. The summed E-state index contributed by atoms with van der Waals surface area (Å²) in [5.74, 6) is -1.16. The first kappa shape index (κ1) is 20.1. The van der Waals surface area contributed by atoms with Crippen molar-refractivity contribution in [3.8, 4) is 5.75 Å². The summed E-state index contributed by atoms with van der Waals surface area (Å²) >= 11 is 0. The molecule has 0 spiro atoms. The Bertz CT molecular complexity index is 1160. The topological polar surface area (TPSA) is 120 Å². The molecule has 0 saturated heterocycles. The van der Waals surface area contributed by atoms with Crippen molar-refractivity contribution in [2.45, 2.75) is 12.6 Å². The van der Waals surface area contributed by atoms with Gasteiger partial charge in [0.05, 0.1) is 18.3 Å². The minimum Gasteiger partial charge on any atom is -0.489 e. The van der Waals surface area contributed by atoms with Gasteiger partial charge >= 0.3 is 0 Å². The summed E-state index contributed by atoms with van der Waals surface area (Å²) in [5.41, 5.74) is 2.26. The highest BCUT2D eigenvalue weighted by molar-refractivity contribution is 6.38. The molecule has 9 heteroatoms. The predicted octanol–water partition coefficient (Wildman–Crippen LogP) is 2.07. The van der Waals surface area contributed by atoms with E-state index in [2.05, 4.69) is 15.6 Å². The standard InChI is InChI=1S/C22H21N5O4/c1-27-17-9-15-7-8-30-18(15)10-19(17)31-12-16(22(27)29)26-21(28)20(23)25-13-24-11-14-5-3-2-4-6-14/h2-10,13,16H,11-12H2,1H3,(H,26,28)(H2,23,24,25)/t16-/m0/s1. The number of hydrogen-bond acceptors (Lipinski definition) is 5. The van der Waals surface area contributed by atoms with Gasteiger partial charge in [0, 0.05) is 25.0 Å². The largest absolute Gasteiger partial charge is 0.489 e. The van der Waals surface area contributed by atoms with Gasteiger partial charge in [0.2, 0.25) is 5.84 Å². The first-order valence-corrected chi connectivity index (χ1v) is 9.64. The van der Waals surface area contributed by atoms with Crippen LogP contribution >= 0.6 is 0 Å². The molecule has 0 aliphatic carbocycles. The minimum atomic E-state index is -0.955. The van der Waals surface area contributed by atoms with E-state index >= 15 is 0 Å². The lowest BCUT2D eigenvalue weighted by molar-refractivity contribution is -0.124. The van der Waals surface area contributed by atoms with Crippen molar-refractivity contribution in [1.82, 2.24) is 10.6 Å². The second-order valence-electron chi connectivity index (χ2n) is 6.99. The number of furan rings is 1. The highest BCUT2D eigenvalue weighted by atomic mass is 16.5. The second-order valence-corrected chi connectivity index (χ2v) is 6.99. The van der Waals surface area contributed by atoms with E-state index in [-0.39, 0.29) is 12.5 Å². The fourth-order valence-electron chi connectivity index (χ4n) is 3.21. The van der Waals surface area contributed by atoms with Gasteiger partial charge in [-0.3, -0.25) is 15.0 Å². The molecule has 4 rings (SSSR count). The fourth-order valence-corrected chi connectivity index (χ4v) is 3.21. The van der Waals surface area contributed by atoms with E-state index in [0.29, 0.717) is 23.6 Å². The molecular weight excluding hydrogens is 398 g/mol. The molecule has 9 nitrogen and oxygen atoms in total. The number of nitrogens with zero attached hydrogens (tertiary/aromatic N) is 2. The number of likely N-dealkylation sites (N-methyl/N-ethyl adjacent to an activating group) is 1. The van der Waals surface area contributed by atoms with Gasteiger partial charge < -0.3 is 24.7 Å². The maximum atomic E-state index is 12.8. The van der Waals surface area contributed by atoms with E-state index in [4.69, 9.17) is 14.6 Å². The minimum absolute atomic E-state index is 0.0720. The Kier molecular flexibility index (Phi) is 5.65. The zero-order valence-corrected chi connectivity index (χ0v) is 16.8. The molecule has 158 valence electrons. The van der Waals surface area contributed by atoms with E-state index in [1.807, 2.05) is 30.3 Å². The van der Waals surface area contributed by atoms with Crippen LogP contribution in [0.5, 0.6) is 5.75 Å². The zero-order chi connectivity index (χ0) is 21.8. The van der Waals surface area contributed by atoms with Gasteiger partial charge in [0.25, 0.3) is 11.8 Å². The lowest BCUT2D eigenvalue weighted by Crippen LogP contribution is -2.50. The number of carbonyl (C=O) groups is 2. The highest BCUT2D eigenvalue weighted by Crippen LogP contribution is 2.35. The smallest absolute Gasteiger partial charge is 0.289 e. The molecule has 1 atom stereocenters. The number of aliphatic imine (C=N–C) groups is 1. The molecule has 1 aromatic heterocycles. The first-order chi connectivity index (χ1) is 15.0. The summed E-state index contributed by atoms with van der Waals surface area (Å²) in [6, 6.07) is 14.0. The van der Waals surface area contributed by atoms with Crippen LogP contribution in [0.3, 0.4) is 0 Å². The Morgan fingerprint density at radius 2 is 2.10 bits per heavy atom. The van der Waals surface area contributed by atoms with Crippen molar-refractivity contribution in [3.63, 3.8) is 0 Å². The van der Waals surface area contributed by atoms with Crippen LogP contribution < -0.4 is 20.3 Å². The maximum absolute atomic E-state index is 12.8. The Hall–Kier alpha value is -4.14. The third-order valence-corrected chi connectivity index (χ3v) is 4.88. The average molecular weight is 419 g/mol. The number of ether oxygens (including phenoxy) is 1. The van der Waals surface area contributed by atoms with Crippen LogP contribution in [0, 0.1) is 5.41 Å². The predicted molar refractivity (Wildman–Crippen MR) is 117 cm³/mol. The van der Waals surface area contributed by atoms with Crippen molar-refractivity contribution in [2.24, 2.45) is 4.99 Å². The summed E-state index contributed by atoms with van der Waals surface area (Å²) in [7, 11) is 1.61. The molecule has 1 aliphatic rings. The number of rotatable bonds is 4. The van der Waals surface area contributed by atoms with Crippen molar-refractivity contribution in [3.05, 3.63) is 60.4 Å². The zero-order valence-electron chi connectivity index (χ0n) is 16.8. The molecule has 3 N–H and O–H groups in total. The molecule has 31 heavy (non-hydrogen) atoms. The molecule has 0 fully saturated rings. The molecule has 2 heterocycles. The third-order valence-electron chi connectivity index (χ3n) is 4.88. The van der Waals surface area contributed by atoms with Gasteiger partial charge in [-0.15, -0.1) is 0 Å². The number of fused-ring (bicyclic) bond motifs is 2. The van der Waals surface area contributed by atoms with Crippen molar-refractivity contribution >= 4 is 40.6 Å². The Morgan fingerprint density at radius 1 is 1.29 bits per heavy atom. The van der Waals surface area contributed by atoms with Gasteiger partial charge in [-0.25, -0.2) is 4.99 Å². The molecule has 0 bridgehead atoms. The fraction of sp³-hybridized carbons (Fsp3) is 0.182. The highest BCUT2D eigenvalue weighted by Gasteiger charge is 2.31. The SMILES string of the molecule is CN1C(=O)[C@@H](NC(=O)C(=N)/N=C\NCc2ccccc2)COc2cc3occc3cc21. The molecule has 1 aliphatic heterocycles. The summed E-state index contributed by atoms with van der Waals surface area (Å²) in [6.45, 7) is 0.442. The molecule has 3 aromatic rings. The van der Waals surface area contributed by atoms with Crippen LogP contribution in [0.15, 0.2) is 64.2 Å². The number of anilines is 1. The van der Waals surface area contributed by atoms with Gasteiger partial charge in [-0.2, -0.15) is 0 Å². The van der Waals surface area contributed by atoms with Crippen LogP contribution in [0.1, 0.15) is 5.56 Å². The number of amidine groups is 1. The molecular formula is C22H21N5O4. The lowest BCUT2D eigenvalue weighted by Gasteiger charge is -2.20. The normalized spacial score (nSPS) is 16.0. The Morgan fingerprint density at radius 3 is 2.90 bits per heavy atom. The summed E-state index contributed by atoms with van der Waals surface area (Å²) in [6.07, 6.45) is 2.85. The monoisotopic (exact) mass is 419 g/mol. The van der Waals surface area contributed by atoms with Crippen LogP contribution in [0.4, 0.5) is 5.69 Å². The molecule has 0 saturated carbocycles. The van der Waals surface area contributed by atoms with Crippen LogP contribution in [0.2, 0.25) is 0 Å². The van der Waals surface area contributed by atoms with Gasteiger partial charge in [-0.05, 0) is 17.7 Å². The van der Waals surface area contributed by atoms with Crippen LogP contribution in [0.25, 0.3) is 11.0 Å². The quantitative estimate of drug-likeness (QED) is 0.442. The lowest BCUT2D eigenvalue weighted by atomic mass is 10.2. The van der Waals surface area contributed by atoms with Crippen molar-refractivity contribution in [2.75, 3.05) is 18.6 Å². The number of hydrogen-bond donors (Lipinski definition) is 3. The Balaban J connectivity index is 1.37. The number of amides is 2. The molecule has 2 aromatic carbocycles. The summed E-state index contributed by atoms with van der Waals surface area (Å²) in [5, 5.41) is 14.1. The summed E-state index contributed by atoms with van der Waals surface area (Å²) in [4.78, 5) is 30.4. The van der Waals surface area contributed by atoms with E-state index in [1.165, 1.54) is 11.2 Å². The van der Waals surface area contributed by atoms with Gasteiger partial charge in [-0.1, -0.05) is 30.3 Å². The summed E-state index contributed by atoms with van der Waals surface area (Å²) < 4.78 is 11.1. The van der Waals surface area contributed by atoms with Crippen LogP contribution in [-0.4, -0.2) is 43.7 Å². The number of carbonyl (C=O) groups excluding carboxylic acids is 2. The van der Waals surface area contributed by atoms with Crippen LogP contribution in [-0.2, 0) is 16.1 Å².